The normalized spacial score (nSPS) is 12.3. The molecular formula is C15H20O3. The van der Waals surface area contributed by atoms with Gasteiger partial charge < -0.3 is 9.84 Å². The Morgan fingerprint density at radius 3 is 2.33 bits per heavy atom. The van der Waals surface area contributed by atoms with Crippen molar-refractivity contribution in [1.82, 2.24) is 0 Å². The second-order valence-corrected chi connectivity index (χ2v) is 4.86. The molecule has 3 heteroatoms. The minimum absolute atomic E-state index is 0.0100. The Labute approximate surface area is 108 Å². The summed E-state index contributed by atoms with van der Waals surface area (Å²) in [4.78, 5) is 11.9. The molecule has 0 amide bonds. The summed E-state index contributed by atoms with van der Waals surface area (Å²) in [6.45, 7) is 5.69. The Balaban J connectivity index is 2.92. The van der Waals surface area contributed by atoms with Crippen molar-refractivity contribution in [1.29, 1.82) is 0 Å². The predicted molar refractivity (Wildman–Crippen MR) is 72.7 cm³/mol. The van der Waals surface area contributed by atoms with E-state index >= 15 is 0 Å². The lowest BCUT2D eigenvalue weighted by atomic mass is 9.85. The highest BCUT2D eigenvalue weighted by molar-refractivity contribution is 5.98. The summed E-state index contributed by atoms with van der Waals surface area (Å²) >= 11 is 0. The lowest BCUT2D eigenvalue weighted by Crippen LogP contribution is -2.21. The average Bonchev–Trinajstić information content (AvgIpc) is 2.38. The fraction of sp³-hybridized carbons (Fsp3) is 0.400. The molecule has 1 N–H and O–H groups in total. The molecule has 0 fully saturated rings. The number of ether oxygens (including phenoxy) is 1. The van der Waals surface area contributed by atoms with Crippen molar-refractivity contribution in [2.75, 3.05) is 7.11 Å². The van der Waals surface area contributed by atoms with Crippen LogP contribution in [0.2, 0.25) is 0 Å². The number of benzene rings is 1. The molecule has 1 aromatic carbocycles. The Bertz CT molecular complexity index is 441. The summed E-state index contributed by atoms with van der Waals surface area (Å²) in [5, 5.41) is 9.91. The van der Waals surface area contributed by atoms with Gasteiger partial charge in [0.1, 0.15) is 11.5 Å². The van der Waals surface area contributed by atoms with E-state index in [0.717, 1.165) is 6.42 Å². The molecule has 0 aliphatic carbocycles. The van der Waals surface area contributed by atoms with Crippen LogP contribution < -0.4 is 4.74 Å². The first-order valence-corrected chi connectivity index (χ1v) is 6.00. The molecule has 0 atom stereocenters. The van der Waals surface area contributed by atoms with Crippen molar-refractivity contribution >= 4 is 11.5 Å². The van der Waals surface area contributed by atoms with Crippen LogP contribution in [0.25, 0.3) is 5.76 Å². The van der Waals surface area contributed by atoms with Crippen LogP contribution in [-0.2, 0) is 4.79 Å². The summed E-state index contributed by atoms with van der Waals surface area (Å²) in [6.07, 6.45) is 2.03. The van der Waals surface area contributed by atoms with Crippen molar-refractivity contribution < 1.29 is 14.6 Å². The van der Waals surface area contributed by atoms with Gasteiger partial charge in [0.15, 0.2) is 5.78 Å². The molecule has 0 aliphatic heterocycles. The number of rotatable bonds is 5. The van der Waals surface area contributed by atoms with E-state index in [1.54, 1.807) is 31.4 Å². The maximum atomic E-state index is 11.9. The zero-order valence-electron chi connectivity index (χ0n) is 11.4. The second kappa shape index (κ2) is 5.71. The molecule has 0 heterocycles. The van der Waals surface area contributed by atoms with E-state index in [9.17, 15) is 9.90 Å². The lowest BCUT2D eigenvalue weighted by molar-refractivity contribution is -0.122. The van der Waals surface area contributed by atoms with Crippen LogP contribution in [0, 0.1) is 5.41 Å². The number of hydrogen-bond donors (Lipinski definition) is 1. The fourth-order valence-electron chi connectivity index (χ4n) is 1.34. The molecule has 1 aromatic rings. The first-order chi connectivity index (χ1) is 8.40. The quantitative estimate of drug-likeness (QED) is 0.639. The van der Waals surface area contributed by atoms with Crippen LogP contribution in [0.1, 0.15) is 32.8 Å². The summed E-state index contributed by atoms with van der Waals surface area (Å²) in [6, 6.07) is 6.93. The van der Waals surface area contributed by atoms with Gasteiger partial charge in [0.05, 0.1) is 7.11 Å². The van der Waals surface area contributed by atoms with Gasteiger partial charge in [-0.1, -0.05) is 20.8 Å². The lowest BCUT2D eigenvalue weighted by Gasteiger charge is -2.18. The number of carbonyl (C=O) groups is 1. The summed E-state index contributed by atoms with van der Waals surface area (Å²) in [5.74, 6) is 0.634. The largest absolute Gasteiger partial charge is 0.507 e. The van der Waals surface area contributed by atoms with Crippen molar-refractivity contribution in [3.05, 3.63) is 35.9 Å². The molecule has 1 rings (SSSR count). The predicted octanol–water partition coefficient (Wildman–Crippen LogP) is 3.60. The molecule has 0 aliphatic rings. The average molecular weight is 248 g/mol. The number of ketones is 1. The monoisotopic (exact) mass is 248 g/mol. The molecule has 3 nitrogen and oxygen atoms in total. The van der Waals surface area contributed by atoms with Crippen LogP contribution in [0.15, 0.2) is 30.3 Å². The molecule has 0 unspecified atom stereocenters. The van der Waals surface area contributed by atoms with Gasteiger partial charge in [0.2, 0.25) is 0 Å². The number of aliphatic hydroxyl groups excluding tert-OH is 1. The van der Waals surface area contributed by atoms with Gasteiger partial charge in [-0.25, -0.2) is 0 Å². The van der Waals surface area contributed by atoms with E-state index in [4.69, 9.17) is 4.74 Å². The minimum Gasteiger partial charge on any atom is -0.507 e. The maximum Gasteiger partial charge on any atom is 0.164 e. The third-order valence-corrected chi connectivity index (χ3v) is 3.20. The van der Waals surface area contributed by atoms with E-state index in [1.807, 2.05) is 20.8 Å². The zero-order chi connectivity index (χ0) is 13.8. The van der Waals surface area contributed by atoms with Crippen molar-refractivity contribution in [2.45, 2.75) is 27.2 Å². The first kappa shape index (κ1) is 14.3. The number of aliphatic hydroxyl groups is 1. The fourth-order valence-corrected chi connectivity index (χ4v) is 1.34. The summed E-state index contributed by atoms with van der Waals surface area (Å²) in [5.41, 5.74) is 0.163. The maximum absolute atomic E-state index is 11.9. The van der Waals surface area contributed by atoms with Gasteiger partial charge >= 0.3 is 0 Å². The molecule has 0 saturated carbocycles. The molecule has 18 heavy (non-hydrogen) atoms. The van der Waals surface area contributed by atoms with Crippen molar-refractivity contribution in [3.63, 3.8) is 0 Å². The highest BCUT2D eigenvalue weighted by atomic mass is 16.5. The van der Waals surface area contributed by atoms with E-state index in [1.165, 1.54) is 6.08 Å². The summed E-state index contributed by atoms with van der Waals surface area (Å²) in [7, 11) is 1.58. The van der Waals surface area contributed by atoms with Gasteiger partial charge in [0.25, 0.3) is 0 Å². The van der Waals surface area contributed by atoms with E-state index in [-0.39, 0.29) is 11.5 Å². The van der Waals surface area contributed by atoms with Crippen LogP contribution in [-0.4, -0.2) is 18.0 Å². The number of allylic oxidation sites excluding steroid dienone is 1. The Kier molecular flexibility index (Phi) is 4.54. The molecule has 0 radical (unpaired) electrons. The molecule has 0 bridgehead atoms. The Morgan fingerprint density at radius 2 is 1.89 bits per heavy atom. The Hall–Kier alpha value is -1.77. The van der Waals surface area contributed by atoms with Gasteiger partial charge in [-0.3, -0.25) is 4.79 Å². The topological polar surface area (TPSA) is 46.5 Å². The van der Waals surface area contributed by atoms with Gasteiger partial charge in [-0.05, 0) is 30.7 Å². The molecular weight excluding hydrogens is 228 g/mol. The molecule has 0 aromatic heterocycles. The van der Waals surface area contributed by atoms with Crippen LogP contribution in [0.4, 0.5) is 0 Å². The van der Waals surface area contributed by atoms with Crippen molar-refractivity contribution in [3.8, 4) is 5.75 Å². The Morgan fingerprint density at radius 1 is 1.33 bits per heavy atom. The molecule has 0 saturated heterocycles. The number of carbonyl (C=O) groups excluding carboxylic acids is 1. The first-order valence-electron chi connectivity index (χ1n) is 6.00. The molecule has 98 valence electrons. The highest BCUT2D eigenvalue weighted by Gasteiger charge is 2.23. The molecule has 0 spiro atoms. The van der Waals surface area contributed by atoms with Crippen LogP contribution in [0.3, 0.4) is 0 Å². The van der Waals surface area contributed by atoms with Crippen LogP contribution >= 0.6 is 0 Å². The second-order valence-electron chi connectivity index (χ2n) is 4.86. The standard InChI is InChI=1S/C15H20O3/c1-5-15(2,3)14(17)10-13(16)11-6-8-12(18-4)9-7-11/h6-10,16H,5H2,1-4H3. The van der Waals surface area contributed by atoms with Gasteiger partial charge in [-0.15, -0.1) is 0 Å². The van der Waals surface area contributed by atoms with E-state index in [2.05, 4.69) is 0 Å². The SMILES string of the molecule is CCC(C)(C)C(=O)C=C(O)c1ccc(OC)cc1. The number of hydrogen-bond acceptors (Lipinski definition) is 3. The summed E-state index contributed by atoms with van der Waals surface area (Å²) < 4.78 is 5.03. The number of methoxy groups -OCH3 is 1. The highest BCUT2D eigenvalue weighted by Crippen LogP contribution is 2.24. The smallest absolute Gasteiger partial charge is 0.164 e. The van der Waals surface area contributed by atoms with Crippen LogP contribution in [0.5, 0.6) is 5.75 Å². The minimum atomic E-state index is -0.444. The van der Waals surface area contributed by atoms with E-state index in [0.29, 0.717) is 11.3 Å². The van der Waals surface area contributed by atoms with Gasteiger partial charge in [-0.2, -0.15) is 0 Å². The van der Waals surface area contributed by atoms with Gasteiger partial charge in [0, 0.05) is 17.1 Å². The van der Waals surface area contributed by atoms with E-state index < -0.39 is 5.41 Å². The third-order valence-electron chi connectivity index (χ3n) is 3.20. The zero-order valence-corrected chi connectivity index (χ0v) is 11.4. The van der Waals surface area contributed by atoms with Crippen molar-refractivity contribution in [2.24, 2.45) is 5.41 Å². The third kappa shape index (κ3) is 3.36.